The second-order valence-electron chi connectivity index (χ2n) is 4.27. The topological polar surface area (TPSA) is 12.0 Å². The lowest BCUT2D eigenvalue weighted by molar-refractivity contribution is 0.486. The first-order chi connectivity index (χ1) is 8.69. The smallest absolute Gasteiger partial charge is 0.0332 e. The van der Waals surface area contributed by atoms with E-state index < -0.39 is 0 Å². The summed E-state index contributed by atoms with van der Waals surface area (Å²) < 4.78 is 2.26. The molecule has 0 saturated heterocycles. The van der Waals surface area contributed by atoms with Crippen LogP contribution in [0.15, 0.2) is 27.1 Å². The Hall–Kier alpha value is -0.300. The monoisotopic (exact) mass is 371 g/mol. The quantitative estimate of drug-likeness (QED) is 0.521. The predicted octanol–water partition coefficient (Wildman–Crippen LogP) is 5.06. The fourth-order valence-corrected chi connectivity index (χ4v) is 2.78. The SMILES string of the molecule is C#CCCCC(NCCC)c1cc(Br)ccc1Br. The van der Waals surface area contributed by atoms with Crippen molar-refractivity contribution >= 4 is 31.9 Å². The summed E-state index contributed by atoms with van der Waals surface area (Å²) in [4.78, 5) is 0. The van der Waals surface area contributed by atoms with Crippen molar-refractivity contribution in [3.05, 3.63) is 32.7 Å². The molecule has 0 radical (unpaired) electrons. The van der Waals surface area contributed by atoms with Crippen molar-refractivity contribution in [3.63, 3.8) is 0 Å². The van der Waals surface area contributed by atoms with Gasteiger partial charge in [-0.3, -0.25) is 0 Å². The first-order valence-corrected chi connectivity index (χ1v) is 7.89. The van der Waals surface area contributed by atoms with Crippen LogP contribution in [0.2, 0.25) is 0 Å². The number of nitrogens with one attached hydrogen (secondary N) is 1. The van der Waals surface area contributed by atoms with E-state index >= 15 is 0 Å². The third-order valence-corrected chi connectivity index (χ3v) is 4.00. The fourth-order valence-electron chi connectivity index (χ4n) is 1.88. The molecule has 0 aromatic heterocycles. The van der Waals surface area contributed by atoms with Crippen molar-refractivity contribution in [2.45, 2.75) is 38.6 Å². The van der Waals surface area contributed by atoms with Crippen LogP contribution >= 0.6 is 31.9 Å². The van der Waals surface area contributed by atoms with E-state index in [0.717, 1.165) is 41.2 Å². The number of terminal acetylenes is 1. The zero-order chi connectivity index (χ0) is 13.4. The zero-order valence-electron chi connectivity index (χ0n) is 10.7. The van der Waals surface area contributed by atoms with E-state index in [-0.39, 0.29) is 0 Å². The Kier molecular flexibility index (Phi) is 7.65. The Balaban J connectivity index is 2.79. The van der Waals surface area contributed by atoms with Crippen LogP contribution in [0.25, 0.3) is 0 Å². The number of unbranched alkanes of at least 4 members (excludes halogenated alkanes) is 1. The molecule has 0 spiro atoms. The highest BCUT2D eigenvalue weighted by molar-refractivity contribution is 9.11. The van der Waals surface area contributed by atoms with Crippen molar-refractivity contribution in [1.82, 2.24) is 5.32 Å². The van der Waals surface area contributed by atoms with Crippen molar-refractivity contribution < 1.29 is 0 Å². The molecule has 1 nitrogen and oxygen atoms in total. The van der Waals surface area contributed by atoms with E-state index in [1.54, 1.807) is 0 Å². The second-order valence-corrected chi connectivity index (χ2v) is 6.04. The summed E-state index contributed by atoms with van der Waals surface area (Å²) in [6, 6.07) is 6.67. The van der Waals surface area contributed by atoms with Gasteiger partial charge in [-0.2, -0.15) is 0 Å². The van der Waals surface area contributed by atoms with Gasteiger partial charge < -0.3 is 5.32 Å². The number of benzene rings is 1. The molecule has 0 heterocycles. The zero-order valence-corrected chi connectivity index (χ0v) is 13.9. The first-order valence-electron chi connectivity index (χ1n) is 6.30. The van der Waals surface area contributed by atoms with Crippen LogP contribution < -0.4 is 5.32 Å². The van der Waals surface area contributed by atoms with E-state index in [9.17, 15) is 0 Å². The lowest BCUT2D eigenvalue weighted by atomic mass is 10.0. The summed E-state index contributed by atoms with van der Waals surface area (Å²) >= 11 is 7.16. The maximum atomic E-state index is 5.32. The number of rotatable bonds is 7. The molecule has 0 aliphatic heterocycles. The minimum absolute atomic E-state index is 0.366. The molecule has 1 rings (SSSR count). The van der Waals surface area contributed by atoms with Crippen LogP contribution in [0.3, 0.4) is 0 Å². The molecular formula is C15H19Br2N. The van der Waals surface area contributed by atoms with Gasteiger partial charge in [0, 0.05) is 21.4 Å². The number of halogens is 2. The Morgan fingerprint density at radius 3 is 2.83 bits per heavy atom. The van der Waals surface area contributed by atoms with Gasteiger partial charge in [0.25, 0.3) is 0 Å². The summed E-state index contributed by atoms with van der Waals surface area (Å²) in [7, 11) is 0. The van der Waals surface area contributed by atoms with Gasteiger partial charge in [-0.15, -0.1) is 12.3 Å². The van der Waals surface area contributed by atoms with Gasteiger partial charge in [-0.25, -0.2) is 0 Å². The number of hydrogen-bond donors (Lipinski definition) is 1. The molecule has 98 valence electrons. The van der Waals surface area contributed by atoms with Crippen LogP contribution in [0, 0.1) is 12.3 Å². The minimum Gasteiger partial charge on any atom is -0.310 e. The van der Waals surface area contributed by atoms with Crippen LogP contribution in [-0.2, 0) is 0 Å². The van der Waals surface area contributed by atoms with E-state index in [4.69, 9.17) is 6.42 Å². The Labute approximate surface area is 127 Å². The van der Waals surface area contributed by atoms with E-state index in [1.165, 1.54) is 5.56 Å². The molecule has 3 heteroatoms. The molecule has 0 amide bonds. The summed E-state index contributed by atoms with van der Waals surface area (Å²) in [6.45, 7) is 3.21. The Morgan fingerprint density at radius 2 is 2.17 bits per heavy atom. The maximum absolute atomic E-state index is 5.32. The first kappa shape index (κ1) is 15.8. The van der Waals surface area contributed by atoms with Gasteiger partial charge in [0.05, 0.1) is 0 Å². The summed E-state index contributed by atoms with van der Waals surface area (Å²) in [5.74, 6) is 2.71. The van der Waals surface area contributed by atoms with Crippen molar-refractivity contribution in [2.75, 3.05) is 6.54 Å². The van der Waals surface area contributed by atoms with Crippen molar-refractivity contribution in [3.8, 4) is 12.3 Å². The largest absolute Gasteiger partial charge is 0.310 e. The average molecular weight is 373 g/mol. The fraction of sp³-hybridized carbons (Fsp3) is 0.467. The van der Waals surface area contributed by atoms with Crippen LogP contribution in [0.5, 0.6) is 0 Å². The molecule has 0 fully saturated rings. The molecule has 0 aliphatic rings. The van der Waals surface area contributed by atoms with E-state index in [0.29, 0.717) is 6.04 Å². The molecule has 1 N–H and O–H groups in total. The molecule has 0 bridgehead atoms. The van der Waals surface area contributed by atoms with Gasteiger partial charge in [0.15, 0.2) is 0 Å². The minimum atomic E-state index is 0.366. The molecule has 0 aliphatic carbocycles. The van der Waals surface area contributed by atoms with Crippen LogP contribution in [0.4, 0.5) is 0 Å². The highest BCUT2D eigenvalue weighted by atomic mass is 79.9. The number of hydrogen-bond acceptors (Lipinski definition) is 1. The normalized spacial score (nSPS) is 12.1. The van der Waals surface area contributed by atoms with Gasteiger partial charge in [0.1, 0.15) is 0 Å². The van der Waals surface area contributed by atoms with E-state index in [2.05, 4.69) is 62.2 Å². The van der Waals surface area contributed by atoms with Gasteiger partial charge in [-0.1, -0.05) is 38.8 Å². The lowest BCUT2D eigenvalue weighted by Gasteiger charge is -2.20. The highest BCUT2D eigenvalue weighted by Gasteiger charge is 2.13. The summed E-state index contributed by atoms with van der Waals surface area (Å²) in [6.07, 6.45) is 9.42. The third-order valence-electron chi connectivity index (χ3n) is 2.79. The lowest BCUT2D eigenvalue weighted by Crippen LogP contribution is -2.22. The molecule has 1 atom stereocenters. The summed E-state index contributed by atoms with van der Waals surface area (Å²) in [5.41, 5.74) is 1.30. The van der Waals surface area contributed by atoms with Crippen LogP contribution in [0.1, 0.15) is 44.2 Å². The second kappa shape index (κ2) is 8.74. The maximum Gasteiger partial charge on any atom is 0.0332 e. The Bertz CT molecular complexity index is 409. The molecule has 18 heavy (non-hydrogen) atoms. The standard InChI is InChI=1S/C15H19Br2N/c1-3-5-6-7-15(18-10-4-2)13-11-12(16)8-9-14(13)17/h1,8-9,11,15,18H,4-7,10H2,2H3. The van der Waals surface area contributed by atoms with Gasteiger partial charge in [0.2, 0.25) is 0 Å². The summed E-state index contributed by atoms with van der Waals surface area (Å²) in [5, 5.41) is 3.59. The average Bonchev–Trinajstić information content (AvgIpc) is 2.37. The molecule has 1 unspecified atom stereocenters. The molecular weight excluding hydrogens is 354 g/mol. The highest BCUT2D eigenvalue weighted by Crippen LogP contribution is 2.29. The van der Waals surface area contributed by atoms with E-state index in [1.807, 2.05) is 6.07 Å². The van der Waals surface area contributed by atoms with Gasteiger partial charge in [-0.05, 0) is 49.6 Å². The molecule has 0 saturated carbocycles. The third kappa shape index (κ3) is 5.14. The molecule has 1 aromatic carbocycles. The van der Waals surface area contributed by atoms with Gasteiger partial charge >= 0.3 is 0 Å². The Morgan fingerprint density at radius 1 is 1.39 bits per heavy atom. The van der Waals surface area contributed by atoms with Crippen molar-refractivity contribution in [1.29, 1.82) is 0 Å². The molecule has 1 aromatic rings. The van der Waals surface area contributed by atoms with Crippen LogP contribution in [-0.4, -0.2) is 6.54 Å². The van der Waals surface area contributed by atoms with Crippen molar-refractivity contribution in [2.24, 2.45) is 0 Å². The predicted molar refractivity (Wildman–Crippen MR) is 85.6 cm³/mol.